The Kier molecular flexibility index (Phi) is 5.44. The standard InChI is InChI=1S/C28H27NO5/c30-16-22(18-7-2-1-3-8-18)28(32)33-19-13-23-26-27(34-26)24(14-19)29(23)15-25(31)21-12-6-10-17-9-4-5-11-20(17)21/h1-12,19,22-24,26-27,30H,13-16H2. The fraction of sp³-hybridized carbons (Fsp3) is 0.357. The number of aliphatic hydroxyl groups is 1. The predicted octanol–water partition coefficient (Wildman–Crippen LogP) is 3.32. The highest BCUT2D eigenvalue weighted by Crippen LogP contribution is 2.49. The Morgan fingerprint density at radius 2 is 1.62 bits per heavy atom. The van der Waals surface area contributed by atoms with E-state index in [0.29, 0.717) is 19.4 Å². The lowest BCUT2D eigenvalue weighted by Crippen LogP contribution is -2.52. The van der Waals surface area contributed by atoms with Crippen molar-refractivity contribution < 1.29 is 24.2 Å². The van der Waals surface area contributed by atoms with Gasteiger partial charge in [-0.1, -0.05) is 72.8 Å². The Morgan fingerprint density at radius 3 is 2.35 bits per heavy atom. The van der Waals surface area contributed by atoms with Crippen LogP contribution in [-0.2, 0) is 14.3 Å². The third kappa shape index (κ3) is 3.72. The number of nitrogens with zero attached hydrogens (tertiary/aromatic N) is 1. The van der Waals surface area contributed by atoms with Gasteiger partial charge < -0.3 is 14.6 Å². The number of rotatable bonds is 7. The molecule has 174 valence electrons. The molecule has 0 saturated carbocycles. The molecule has 3 aromatic rings. The molecule has 3 fully saturated rings. The molecule has 5 unspecified atom stereocenters. The highest BCUT2D eigenvalue weighted by molar-refractivity contribution is 6.09. The van der Waals surface area contributed by atoms with Crippen LogP contribution < -0.4 is 0 Å². The van der Waals surface area contributed by atoms with Crippen LogP contribution in [-0.4, -0.2) is 65.3 Å². The molecule has 6 heteroatoms. The van der Waals surface area contributed by atoms with Crippen molar-refractivity contribution in [1.29, 1.82) is 0 Å². The number of hydrogen-bond acceptors (Lipinski definition) is 6. The molecular formula is C28H27NO5. The second-order valence-electron chi connectivity index (χ2n) is 9.50. The van der Waals surface area contributed by atoms with Gasteiger partial charge in [0.15, 0.2) is 5.78 Å². The van der Waals surface area contributed by atoms with E-state index in [4.69, 9.17) is 9.47 Å². The lowest BCUT2D eigenvalue weighted by molar-refractivity contribution is -0.156. The quantitative estimate of drug-likeness (QED) is 0.333. The van der Waals surface area contributed by atoms with E-state index in [0.717, 1.165) is 21.9 Å². The zero-order valence-corrected chi connectivity index (χ0v) is 18.7. The van der Waals surface area contributed by atoms with E-state index in [1.54, 1.807) is 0 Å². The third-order valence-corrected chi connectivity index (χ3v) is 7.55. The van der Waals surface area contributed by atoms with Crippen molar-refractivity contribution in [3.63, 3.8) is 0 Å². The first-order valence-corrected chi connectivity index (χ1v) is 11.9. The SMILES string of the molecule is O=C(CN1C2CC(OC(=O)C(CO)c3ccccc3)CC1C1OC12)c1cccc2ccccc12. The van der Waals surface area contributed by atoms with Gasteiger partial charge >= 0.3 is 5.97 Å². The number of aliphatic hydroxyl groups excluding tert-OH is 1. The summed E-state index contributed by atoms with van der Waals surface area (Å²) >= 11 is 0. The van der Waals surface area contributed by atoms with E-state index in [2.05, 4.69) is 4.90 Å². The molecule has 6 nitrogen and oxygen atoms in total. The molecular weight excluding hydrogens is 430 g/mol. The number of epoxide rings is 1. The van der Waals surface area contributed by atoms with E-state index < -0.39 is 11.9 Å². The lowest BCUT2D eigenvalue weighted by atomic mass is 9.95. The molecule has 0 spiro atoms. The minimum Gasteiger partial charge on any atom is -0.462 e. The normalized spacial score (nSPS) is 28.3. The lowest BCUT2D eigenvalue weighted by Gasteiger charge is -2.40. The predicted molar refractivity (Wildman–Crippen MR) is 127 cm³/mol. The van der Waals surface area contributed by atoms with Gasteiger partial charge in [0.25, 0.3) is 0 Å². The van der Waals surface area contributed by atoms with Crippen molar-refractivity contribution in [3.8, 4) is 0 Å². The number of carbonyl (C=O) groups excluding carboxylic acids is 2. The number of ketones is 1. The van der Waals surface area contributed by atoms with Crippen LogP contribution in [0.1, 0.15) is 34.7 Å². The molecule has 6 rings (SSSR count). The number of carbonyl (C=O) groups is 2. The molecule has 5 atom stereocenters. The summed E-state index contributed by atoms with van der Waals surface area (Å²) < 4.78 is 11.7. The molecule has 3 aromatic carbocycles. The number of benzene rings is 3. The van der Waals surface area contributed by atoms with Crippen molar-refractivity contribution in [2.24, 2.45) is 0 Å². The first-order chi connectivity index (χ1) is 16.6. The Balaban J connectivity index is 1.15. The molecule has 0 aliphatic carbocycles. The van der Waals surface area contributed by atoms with Crippen LogP contribution in [0.25, 0.3) is 10.8 Å². The fourth-order valence-corrected chi connectivity index (χ4v) is 5.85. The molecule has 2 bridgehead atoms. The van der Waals surface area contributed by atoms with Gasteiger partial charge in [0.2, 0.25) is 0 Å². The molecule has 0 amide bonds. The van der Waals surface area contributed by atoms with Gasteiger partial charge in [0.1, 0.15) is 24.2 Å². The van der Waals surface area contributed by atoms with Gasteiger partial charge in [0, 0.05) is 30.5 Å². The van der Waals surface area contributed by atoms with Crippen LogP contribution in [0.5, 0.6) is 0 Å². The fourth-order valence-electron chi connectivity index (χ4n) is 5.85. The Bertz CT molecular complexity index is 1200. The summed E-state index contributed by atoms with van der Waals surface area (Å²) in [5.41, 5.74) is 1.50. The van der Waals surface area contributed by atoms with Crippen molar-refractivity contribution in [2.45, 2.75) is 49.2 Å². The first kappa shape index (κ1) is 21.5. The topological polar surface area (TPSA) is 79.4 Å². The maximum Gasteiger partial charge on any atom is 0.316 e. The van der Waals surface area contributed by atoms with Gasteiger partial charge in [0.05, 0.1) is 13.2 Å². The minimum atomic E-state index is -0.685. The van der Waals surface area contributed by atoms with E-state index in [1.807, 2.05) is 72.8 Å². The summed E-state index contributed by atoms with van der Waals surface area (Å²) in [6.07, 6.45) is 1.26. The average Bonchev–Trinajstić information content (AvgIpc) is 3.63. The van der Waals surface area contributed by atoms with Crippen molar-refractivity contribution >= 4 is 22.5 Å². The summed E-state index contributed by atoms with van der Waals surface area (Å²) in [5, 5.41) is 11.8. The van der Waals surface area contributed by atoms with Crippen LogP contribution in [0.4, 0.5) is 0 Å². The summed E-state index contributed by atoms with van der Waals surface area (Å²) in [6, 6.07) is 23.2. The van der Waals surface area contributed by atoms with Crippen molar-refractivity contribution in [1.82, 2.24) is 4.90 Å². The number of piperidine rings is 1. The first-order valence-electron chi connectivity index (χ1n) is 11.9. The highest BCUT2D eigenvalue weighted by Gasteiger charge is 2.64. The number of ether oxygens (including phenoxy) is 2. The summed E-state index contributed by atoms with van der Waals surface area (Å²) in [4.78, 5) is 28.4. The smallest absolute Gasteiger partial charge is 0.316 e. The largest absolute Gasteiger partial charge is 0.462 e. The minimum absolute atomic E-state index is 0.0600. The van der Waals surface area contributed by atoms with E-state index in [1.165, 1.54) is 0 Å². The zero-order valence-electron chi connectivity index (χ0n) is 18.7. The maximum atomic E-state index is 13.3. The van der Waals surface area contributed by atoms with Crippen LogP contribution in [0.3, 0.4) is 0 Å². The number of Topliss-reactive ketones (excluding diaryl/α,β-unsaturated/α-hetero) is 1. The average molecular weight is 458 g/mol. The molecule has 34 heavy (non-hydrogen) atoms. The van der Waals surface area contributed by atoms with Gasteiger partial charge in [-0.15, -0.1) is 0 Å². The van der Waals surface area contributed by atoms with Gasteiger partial charge in [-0.2, -0.15) is 0 Å². The monoisotopic (exact) mass is 457 g/mol. The Labute approximate surface area is 198 Å². The molecule has 3 aliphatic heterocycles. The maximum absolute atomic E-state index is 13.3. The Morgan fingerprint density at radius 1 is 0.941 bits per heavy atom. The van der Waals surface area contributed by atoms with Gasteiger partial charge in [-0.05, 0) is 16.3 Å². The molecule has 3 saturated heterocycles. The number of morpholine rings is 1. The molecule has 0 radical (unpaired) electrons. The van der Waals surface area contributed by atoms with Crippen LogP contribution in [0.2, 0.25) is 0 Å². The van der Waals surface area contributed by atoms with Gasteiger partial charge in [-0.25, -0.2) is 0 Å². The van der Waals surface area contributed by atoms with E-state index >= 15 is 0 Å². The number of hydrogen-bond donors (Lipinski definition) is 1. The Hall–Kier alpha value is -3.06. The van der Waals surface area contributed by atoms with Crippen LogP contribution in [0, 0.1) is 0 Å². The van der Waals surface area contributed by atoms with E-state index in [-0.39, 0.29) is 42.8 Å². The molecule has 0 aromatic heterocycles. The van der Waals surface area contributed by atoms with Crippen molar-refractivity contribution in [2.75, 3.05) is 13.2 Å². The second-order valence-corrected chi connectivity index (χ2v) is 9.50. The number of esters is 1. The van der Waals surface area contributed by atoms with Crippen molar-refractivity contribution in [3.05, 3.63) is 83.9 Å². The summed E-state index contributed by atoms with van der Waals surface area (Å²) in [5.74, 6) is -0.975. The second kappa shape index (κ2) is 8.62. The molecule has 3 heterocycles. The third-order valence-electron chi connectivity index (χ3n) is 7.55. The van der Waals surface area contributed by atoms with E-state index in [9.17, 15) is 14.7 Å². The summed E-state index contributed by atoms with van der Waals surface area (Å²) in [6.45, 7) is 0.0477. The summed E-state index contributed by atoms with van der Waals surface area (Å²) in [7, 11) is 0. The van der Waals surface area contributed by atoms with Crippen LogP contribution in [0.15, 0.2) is 72.8 Å². The zero-order chi connectivity index (χ0) is 23.2. The molecule has 3 aliphatic rings. The van der Waals surface area contributed by atoms with Crippen LogP contribution >= 0.6 is 0 Å². The molecule has 1 N–H and O–H groups in total. The number of fused-ring (bicyclic) bond motifs is 6. The highest BCUT2D eigenvalue weighted by atomic mass is 16.6. The van der Waals surface area contributed by atoms with Gasteiger partial charge in [-0.3, -0.25) is 14.5 Å².